The van der Waals surface area contributed by atoms with E-state index < -0.39 is 0 Å². The lowest BCUT2D eigenvalue weighted by Crippen LogP contribution is -2.23. The Kier molecular flexibility index (Phi) is 6.41. The fraction of sp³-hybridized carbons (Fsp3) is 0.286. The first-order valence-electron chi connectivity index (χ1n) is 9.44. The number of nitrogens with one attached hydrogen (secondary N) is 1. The highest BCUT2D eigenvalue weighted by Crippen LogP contribution is 2.31. The van der Waals surface area contributed by atoms with Crippen LogP contribution in [-0.4, -0.2) is 50.9 Å². The molecule has 0 saturated carbocycles. The van der Waals surface area contributed by atoms with Gasteiger partial charge in [0.2, 0.25) is 5.82 Å². The van der Waals surface area contributed by atoms with Gasteiger partial charge in [-0.25, -0.2) is 15.0 Å². The Morgan fingerprint density at radius 1 is 1.10 bits per heavy atom. The Bertz CT molecular complexity index is 1080. The molecule has 0 aliphatic heterocycles. The zero-order valence-corrected chi connectivity index (χ0v) is 17.2. The van der Waals surface area contributed by atoms with Crippen LogP contribution in [-0.2, 0) is 0 Å². The predicted molar refractivity (Wildman–Crippen MR) is 111 cm³/mol. The number of carbonyl (C=O) groups excluding carboxylic acids is 1. The number of carbonyl (C=O) groups is 1. The minimum atomic E-state index is -0.299. The van der Waals surface area contributed by atoms with Gasteiger partial charge in [-0.3, -0.25) is 9.59 Å². The van der Waals surface area contributed by atoms with E-state index in [0.29, 0.717) is 28.6 Å². The maximum Gasteiger partial charge on any atom is 0.291 e. The Labute approximate surface area is 173 Å². The average Bonchev–Trinajstić information content (AvgIpc) is 2.73. The highest BCUT2D eigenvalue weighted by molar-refractivity contribution is 5.89. The fourth-order valence-electron chi connectivity index (χ4n) is 2.48. The van der Waals surface area contributed by atoms with Gasteiger partial charge in [0.25, 0.3) is 11.5 Å². The summed E-state index contributed by atoms with van der Waals surface area (Å²) in [5.74, 6) is 1.55. The van der Waals surface area contributed by atoms with Crippen molar-refractivity contribution < 1.29 is 14.3 Å². The number of hydrogen-bond acceptors (Lipinski definition) is 7. The maximum atomic E-state index is 11.9. The molecule has 2 heterocycles. The summed E-state index contributed by atoms with van der Waals surface area (Å²) in [6.45, 7) is 3.99. The Hall–Kier alpha value is -3.75. The normalized spacial score (nSPS) is 11.6. The molecule has 9 nitrogen and oxygen atoms in total. The van der Waals surface area contributed by atoms with Crippen molar-refractivity contribution in [2.75, 3.05) is 14.1 Å². The van der Waals surface area contributed by atoms with Crippen molar-refractivity contribution in [3.8, 4) is 28.6 Å². The van der Waals surface area contributed by atoms with Crippen LogP contribution in [0, 0.1) is 0 Å². The molecule has 1 atom stereocenters. The molecule has 3 rings (SSSR count). The van der Waals surface area contributed by atoms with Gasteiger partial charge in [-0.05, 0) is 25.5 Å². The van der Waals surface area contributed by atoms with Crippen molar-refractivity contribution in [3.05, 3.63) is 59.0 Å². The molecular formula is C21H23N5O4. The number of ether oxygens (including phenoxy) is 2. The van der Waals surface area contributed by atoms with E-state index in [4.69, 9.17) is 9.47 Å². The topological polar surface area (TPSA) is 110 Å². The van der Waals surface area contributed by atoms with E-state index in [2.05, 4.69) is 19.9 Å². The second-order valence-corrected chi connectivity index (χ2v) is 6.86. The Morgan fingerprint density at radius 3 is 2.43 bits per heavy atom. The zero-order valence-electron chi connectivity index (χ0n) is 17.2. The molecule has 2 aromatic heterocycles. The lowest BCUT2D eigenvalue weighted by molar-refractivity contribution is 0.0815. The lowest BCUT2D eigenvalue weighted by atomic mass is 10.2. The van der Waals surface area contributed by atoms with Gasteiger partial charge < -0.3 is 19.4 Å². The van der Waals surface area contributed by atoms with Crippen LogP contribution in [0.3, 0.4) is 0 Å². The molecule has 0 aliphatic rings. The largest absolute Gasteiger partial charge is 0.491 e. The first kappa shape index (κ1) is 21.0. The zero-order chi connectivity index (χ0) is 21.7. The molecule has 0 bridgehead atoms. The van der Waals surface area contributed by atoms with Crippen LogP contribution < -0.4 is 15.0 Å². The van der Waals surface area contributed by atoms with E-state index in [0.717, 1.165) is 6.42 Å². The molecule has 30 heavy (non-hydrogen) atoms. The summed E-state index contributed by atoms with van der Waals surface area (Å²) in [7, 11) is 3.25. The lowest BCUT2D eigenvalue weighted by Gasteiger charge is -2.15. The molecule has 3 aromatic rings. The number of amides is 1. The highest BCUT2D eigenvalue weighted by atomic mass is 16.5. The van der Waals surface area contributed by atoms with E-state index in [9.17, 15) is 9.59 Å². The van der Waals surface area contributed by atoms with Crippen LogP contribution in [0.2, 0.25) is 0 Å². The number of hydrogen-bond donors (Lipinski definition) is 1. The third kappa shape index (κ3) is 5.19. The van der Waals surface area contributed by atoms with Crippen molar-refractivity contribution in [1.29, 1.82) is 0 Å². The van der Waals surface area contributed by atoms with Crippen LogP contribution in [0.5, 0.6) is 17.2 Å². The summed E-state index contributed by atoms with van der Waals surface area (Å²) < 4.78 is 11.8. The fourth-order valence-corrected chi connectivity index (χ4v) is 2.48. The van der Waals surface area contributed by atoms with Crippen LogP contribution in [0.4, 0.5) is 0 Å². The first-order chi connectivity index (χ1) is 14.4. The number of rotatable bonds is 7. The van der Waals surface area contributed by atoms with Crippen molar-refractivity contribution in [1.82, 2.24) is 24.8 Å². The average molecular weight is 409 g/mol. The third-order valence-electron chi connectivity index (χ3n) is 4.20. The van der Waals surface area contributed by atoms with Gasteiger partial charge >= 0.3 is 0 Å². The van der Waals surface area contributed by atoms with Gasteiger partial charge in [-0.1, -0.05) is 6.92 Å². The summed E-state index contributed by atoms with van der Waals surface area (Å²) >= 11 is 0. The summed E-state index contributed by atoms with van der Waals surface area (Å²) in [5, 5.41) is 0. The molecule has 0 aliphatic carbocycles. The second-order valence-electron chi connectivity index (χ2n) is 6.86. The van der Waals surface area contributed by atoms with Crippen LogP contribution >= 0.6 is 0 Å². The smallest absolute Gasteiger partial charge is 0.291 e. The molecule has 156 valence electrons. The number of H-pyrrole nitrogens is 1. The molecule has 0 fully saturated rings. The van der Waals surface area contributed by atoms with Gasteiger partial charge in [0, 0.05) is 38.0 Å². The van der Waals surface area contributed by atoms with Gasteiger partial charge in [0.05, 0.1) is 18.5 Å². The molecule has 1 amide bonds. The molecule has 0 spiro atoms. The Morgan fingerprint density at radius 2 is 1.80 bits per heavy atom. The quantitative estimate of drug-likeness (QED) is 0.639. The Balaban J connectivity index is 1.93. The molecule has 1 aromatic carbocycles. The van der Waals surface area contributed by atoms with Gasteiger partial charge in [0.15, 0.2) is 5.75 Å². The van der Waals surface area contributed by atoms with Gasteiger partial charge in [0.1, 0.15) is 17.3 Å². The standard InChI is InChI=1S/C21H23N5O4/c1-5-13(2)29-15-8-14(19-22-7-6-18(27)25-19)9-16(10-15)30-17-11-23-20(24-12-17)21(28)26(3)4/h6-13H,5H2,1-4H3,(H,22,25,27)/t13-/m1/s1. The SMILES string of the molecule is CC[C@@H](C)Oc1cc(Oc2cnc(C(=O)N(C)C)nc2)cc(-c2nccc(=O)[nH]2)c1. The number of benzene rings is 1. The molecule has 0 radical (unpaired) electrons. The van der Waals surface area contributed by atoms with Crippen LogP contribution in [0.1, 0.15) is 30.9 Å². The number of aromatic amines is 1. The van der Waals surface area contributed by atoms with E-state index in [1.165, 1.54) is 29.6 Å². The summed E-state index contributed by atoms with van der Waals surface area (Å²) in [6, 6.07) is 6.58. The number of aromatic nitrogens is 4. The molecule has 0 unspecified atom stereocenters. The summed E-state index contributed by atoms with van der Waals surface area (Å²) in [4.78, 5) is 40.0. The molecule has 9 heteroatoms. The van der Waals surface area contributed by atoms with E-state index in [-0.39, 0.29) is 23.4 Å². The maximum absolute atomic E-state index is 11.9. The third-order valence-corrected chi connectivity index (χ3v) is 4.20. The van der Waals surface area contributed by atoms with Crippen molar-refractivity contribution >= 4 is 5.91 Å². The van der Waals surface area contributed by atoms with E-state index in [1.807, 2.05) is 13.8 Å². The highest BCUT2D eigenvalue weighted by Gasteiger charge is 2.13. The van der Waals surface area contributed by atoms with Crippen molar-refractivity contribution in [3.63, 3.8) is 0 Å². The van der Waals surface area contributed by atoms with Crippen molar-refractivity contribution in [2.45, 2.75) is 26.4 Å². The molecular weight excluding hydrogens is 386 g/mol. The molecule has 0 saturated heterocycles. The predicted octanol–water partition coefficient (Wildman–Crippen LogP) is 2.90. The first-order valence-corrected chi connectivity index (χ1v) is 9.44. The minimum Gasteiger partial charge on any atom is -0.491 e. The van der Waals surface area contributed by atoms with E-state index >= 15 is 0 Å². The van der Waals surface area contributed by atoms with Crippen LogP contribution in [0.15, 0.2) is 47.7 Å². The minimum absolute atomic E-state index is 0.00413. The van der Waals surface area contributed by atoms with E-state index in [1.54, 1.807) is 32.3 Å². The number of nitrogens with zero attached hydrogens (tertiary/aromatic N) is 4. The van der Waals surface area contributed by atoms with Gasteiger partial charge in [-0.2, -0.15) is 0 Å². The molecule has 1 N–H and O–H groups in total. The van der Waals surface area contributed by atoms with Crippen LogP contribution in [0.25, 0.3) is 11.4 Å². The van der Waals surface area contributed by atoms with Gasteiger partial charge in [-0.15, -0.1) is 0 Å². The summed E-state index contributed by atoms with van der Waals surface area (Å²) in [6.07, 6.45) is 5.11. The summed E-state index contributed by atoms with van der Waals surface area (Å²) in [5.41, 5.74) is 0.370. The van der Waals surface area contributed by atoms with Crippen molar-refractivity contribution in [2.24, 2.45) is 0 Å². The monoisotopic (exact) mass is 409 g/mol. The second kappa shape index (κ2) is 9.17.